The minimum Gasteiger partial charge on any atom is -0.226 e. The van der Waals surface area contributed by atoms with Crippen LogP contribution in [0.25, 0.3) is 0 Å². The van der Waals surface area contributed by atoms with Gasteiger partial charge >= 0.3 is 18.0 Å². The number of alkyl halides is 6. The molecule has 0 N–H and O–H groups in total. The molecule has 0 saturated carbocycles. The first-order valence-electron chi connectivity index (χ1n) is 5.62. The molecule has 2 atom stereocenters. The highest BCUT2D eigenvalue weighted by Crippen LogP contribution is 2.59. The summed E-state index contributed by atoms with van der Waals surface area (Å²) < 4.78 is 79.6. The Hall–Kier alpha value is -1.28. The zero-order valence-corrected chi connectivity index (χ0v) is 10.5. The van der Waals surface area contributed by atoms with E-state index in [0.717, 1.165) is 7.05 Å². The van der Waals surface area contributed by atoms with Crippen LogP contribution >= 0.6 is 0 Å². The Labute approximate surface area is 110 Å². The largest absolute Gasteiger partial charge is 0.433 e. The van der Waals surface area contributed by atoms with Crippen LogP contribution in [0.15, 0.2) is 24.3 Å². The quantitative estimate of drug-likeness (QED) is 0.732. The molecule has 20 heavy (non-hydrogen) atoms. The van der Waals surface area contributed by atoms with Gasteiger partial charge in [-0.15, -0.1) is 0 Å². The molecule has 0 aromatic heterocycles. The van der Waals surface area contributed by atoms with Gasteiger partial charge in [0.15, 0.2) is 0 Å². The molecule has 1 aliphatic heterocycles. The molecule has 1 heterocycles. The third-order valence-electron chi connectivity index (χ3n) is 3.23. The van der Waals surface area contributed by atoms with Crippen LogP contribution in [0.2, 0.25) is 0 Å². The summed E-state index contributed by atoms with van der Waals surface area (Å²) in [6.07, 6.45) is -10.8. The van der Waals surface area contributed by atoms with Crippen LogP contribution < -0.4 is 0 Å². The Morgan fingerprint density at radius 2 is 1.60 bits per heavy atom. The van der Waals surface area contributed by atoms with Gasteiger partial charge in [0.2, 0.25) is 0 Å². The first-order chi connectivity index (χ1) is 9.00. The maximum atomic E-state index is 14.3. The van der Waals surface area contributed by atoms with Gasteiger partial charge in [0.25, 0.3) is 0 Å². The van der Waals surface area contributed by atoms with Crippen molar-refractivity contribution >= 4 is 0 Å². The zero-order valence-electron chi connectivity index (χ0n) is 10.5. The molecule has 1 aliphatic rings. The molecule has 0 radical (unpaired) electrons. The smallest absolute Gasteiger partial charge is 0.226 e. The van der Waals surface area contributed by atoms with Crippen LogP contribution in [0.5, 0.6) is 0 Å². The van der Waals surface area contributed by atoms with E-state index in [1.807, 2.05) is 0 Å². The van der Waals surface area contributed by atoms with Gasteiger partial charge in [0.1, 0.15) is 6.04 Å². The summed E-state index contributed by atoms with van der Waals surface area (Å²) in [5.41, 5.74) is -4.35. The molecular weight excluding hydrogens is 288 g/mol. The van der Waals surface area contributed by atoms with E-state index in [4.69, 9.17) is 0 Å². The first kappa shape index (κ1) is 15.1. The van der Waals surface area contributed by atoms with E-state index < -0.39 is 24.0 Å². The lowest BCUT2D eigenvalue weighted by atomic mass is 9.89. The Morgan fingerprint density at radius 3 is 2.05 bits per heavy atom. The fourth-order valence-corrected chi connectivity index (χ4v) is 2.22. The predicted molar refractivity (Wildman–Crippen MR) is 57.6 cm³/mol. The lowest BCUT2D eigenvalue weighted by molar-refractivity contribution is -0.370. The summed E-state index contributed by atoms with van der Waals surface area (Å²) in [6, 6.07) is 2.88. The van der Waals surface area contributed by atoms with E-state index in [1.54, 1.807) is 6.92 Å². The predicted octanol–water partition coefficient (Wildman–Crippen LogP) is 3.78. The molecule has 1 aromatic rings. The lowest BCUT2D eigenvalue weighted by Crippen LogP contribution is -2.55. The Bertz CT molecular complexity index is 500. The topological polar surface area (TPSA) is 12.5 Å². The molecule has 0 amide bonds. The van der Waals surface area contributed by atoms with E-state index >= 15 is 0 Å². The fraction of sp³-hybridized carbons (Fsp3) is 0.500. The Balaban J connectivity index is 2.57. The monoisotopic (exact) mass is 299 g/mol. The summed E-state index contributed by atoms with van der Waals surface area (Å²) in [7, 11) is 0.839. The number of rotatable bonds is 1. The number of halogens is 6. The van der Waals surface area contributed by atoms with Crippen molar-refractivity contribution in [3.8, 4) is 0 Å². The number of hydrogen-bond donors (Lipinski definition) is 0. The Morgan fingerprint density at radius 1 is 1.10 bits per heavy atom. The number of nitrogens with zero attached hydrogens (tertiary/aromatic N) is 1. The molecule has 1 fully saturated rings. The van der Waals surface area contributed by atoms with Crippen LogP contribution in [0.3, 0.4) is 0 Å². The van der Waals surface area contributed by atoms with Crippen molar-refractivity contribution in [1.82, 2.24) is 5.06 Å². The van der Waals surface area contributed by atoms with E-state index in [-0.39, 0.29) is 10.6 Å². The standard InChI is InChI=1S/C12H11F6NO/c1-7-3-5-8(6-4-7)9-10(13,11(14,15)16)12(17,18)20-19(9)2/h3-6,9H,1-2H3/t9-,10-/m1/s1. The SMILES string of the molecule is Cc1ccc([C@H]2N(C)OC(F)(F)[C@]2(F)C(F)(F)F)cc1. The molecule has 0 bridgehead atoms. The molecule has 1 saturated heterocycles. The average Bonchev–Trinajstić information content (AvgIpc) is 2.47. The second-order valence-corrected chi connectivity index (χ2v) is 4.68. The molecule has 112 valence electrons. The van der Waals surface area contributed by atoms with Gasteiger partial charge in [0.05, 0.1) is 0 Å². The average molecular weight is 299 g/mol. The van der Waals surface area contributed by atoms with Crippen LogP contribution in [-0.2, 0) is 4.84 Å². The van der Waals surface area contributed by atoms with Crippen molar-refractivity contribution in [2.45, 2.75) is 30.9 Å². The summed E-state index contributed by atoms with van der Waals surface area (Å²) in [5, 5.41) is 0.207. The van der Waals surface area contributed by atoms with E-state index in [0.29, 0.717) is 5.56 Å². The minimum absolute atomic E-state index is 0.207. The second kappa shape index (κ2) is 4.36. The van der Waals surface area contributed by atoms with Crippen LogP contribution in [0.1, 0.15) is 17.2 Å². The summed E-state index contributed by atoms with van der Waals surface area (Å²) in [5.74, 6) is 0. The molecule has 2 nitrogen and oxygen atoms in total. The normalized spacial score (nSPS) is 30.7. The van der Waals surface area contributed by atoms with E-state index in [2.05, 4.69) is 4.84 Å². The van der Waals surface area contributed by atoms with Crippen LogP contribution in [0, 0.1) is 6.92 Å². The molecule has 1 aromatic carbocycles. The van der Waals surface area contributed by atoms with Gasteiger partial charge in [-0.2, -0.15) is 27.0 Å². The van der Waals surface area contributed by atoms with Crippen molar-refractivity contribution < 1.29 is 31.2 Å². The fourth-order valence-electron chi connectivity index (χ4n) is 2.22. The van der Waals surface area contributed by atoms with Gasteiger partial charge in [-0.05, 0) is 12.5 Å². The van der Waals surface area contributed by atoms with Crippen molar-refractivity contribution in [3.63, 3.8) is 0 Å². The van der Waals surface area contributed by atoms with Gasteiger partial charge in [0, 0.05) is 7.05 Å². The Kier molecular flexibility index (Phi) is 3.29. The van der Waals surface area contributed by atoms with Crippen molar-refractivity contribution in [1.29, 1.82) is 0 Å². The number of benzene rings is 1. The minimum atomic E-state index is -5.78. The second-order valence-electron chi connectivity index (χ2n) is 4.68. The molecule has 8 heteroatoms. The molecule has 2 rings (SSSR count). The van der Waals surface area contributed by atoms with Crippen LogP contribution in [0.4, 0.5) is 26.3 Å². The highest BCUT2D eigenvalue weighted by atomic mass is 19.4. The summed E-state index contributed by atoms with van der Waals surface area (Å²) >= 11 is 0. The van der Waals surface area contributed by atoms with Gasteiger partial charge in [-0.1, -0.05) is 29.8 Å². The molecular formula is C12H11F6NO. The zero-order chi connectivity index (χ0) is 15.3. The first-order valence-corrected chi connectivity index (χ1v) is 5.62. The highest BCUT2D eigenvalue weighted by Gasteiger charge is 2.81. The van der Waals surface area contributed by atoms with Gasteiger partial charge in [-0.25, -0.2) is 9.23 Å². The molecule has 0 aliphatic carbocycles. The number of aryl methyl sites for hydroxylation is 1. The number of hydroxylamine groups is 2. The van der Waals surface area contributed by atoms with Gasteiger partial charge in [-0.3, -0.25) is 0 Å². The number of hydrogen-bond acceptors (Lipinski definition) is 2. The summed E-state index contributed by atoms with van der Waals surface area (Å²) in [6.45, 7) is 1.67. The molecule has 0 unspecified atom stereocenters. The van der Waals surface area contributed by atoms with Crippen LogP contribution in [-0.4, -0.2) is 30.1 Å². The third kappa shape index (κ3) is 1.98. The maximum Gasteiger partial charge on any atom is 0.433 e. The van der Waals surface area contributed by atoms with E-state index in [9.17, 15) is 26.3 Å². The van der Waals surface area contributed by atoms with Crippen molar-refractivity contribution in [3.05, 3.63) is 35.4 Å². The van der Waals surface area contributed by atoms with Crippen molar-refractivity contribution in [2.24, 2.45) is 0 Å². The molecule has 0 spiro atoms. The van der Waals surface area contributed by atoms with E-state index in [1.165, 1.54) is 24.3 Å². The van der Waals surface area contributed by atoms with Crippen molar-refractivity contribution in [2.75, 3.05) is 7.05 Å². The maximum absolute atomic E-state index is 14.3. The lowest BCUT2D eigenvalue weighted by Gasteiger charge is -2.31. The third-order valence-corrected chi connectivity index (χ3v) is 3.23. The highest BCUT2D eigenvalue weighted by molar-refractivity contribution is 5.29. The summed E-state index contributed by atoms with van der Waals surface area (Å²) in [4.78, 5) is 3.79. The van der Waals surface area contributed by atoms with Gasteiger partial charge < -0.3 is 0 Å².